The second-order valence-electron chi connectivity index (χ2n) is 6.92. The van der Waals surface area contributed by atoms with Crippen molar-refractivity contribution < 1.29 is 9.59 Å². The van der Waals surface area contributed by atoms with Gasteiger partial charge in [0.05, 0.1) is 5.56 Å². The van der Waals surface area contributed by atoms with E-state index in [1.54, 1.807) is 16.7 Å². The van der Waals surface area contributed by atoms with Crippen LogP contribution in [0.25, 0.3) is 0 Å². The molecule has 2 amide bonds. The van der Waals surface area contributed by atoms with Gasteiger partial charge >= 0.3 is 0 Å². The van der Waals surface area contributed by atoms with Crippen molar-refractivity contribution in [3.8, 4) is 0 Å². The normalized spacial score (nSPS) is 13.5. The van der Waals surface area contributed by atoms with Crippen LogP contribution in [0, 0.1) is 0 Å². The van der Waals surface area contributed by atoms with Gasteiger partial charge in [0.2, 0.25) is 5.91 Å². The fraction of sp³-hybridized carbons (Fsp3) is 0.167. The van der Waals surface area contributed by atoms with E-state index in [1.807, 2.05) is 66.7 Å². The summed E-state index contributed by atoms with van der Waals surface area (Å²) >= 11 is 1.65. The largest absolute Gasteiger partial charge is 0.322 e. The highest BCUT2D eigenvalue weighted by Gasteiger charge is 2.21. The van der Waals surface area contributed by atoms with Crippen LogP contribution in [-0.2, 0) is 10.5 Å². The number of rotatable bonds is 6. The molecule has 0 aliphatic carbocycles. The lowest BCUT2D eigenvalue weighted by Crippen LogP contribution is -2.23. The van der Waals surface area contributed by atoms with E-state index in [9.17, 15) is 9.59 Å². The van der Waals surface area contributed by atoms with Crippen molar-refractivity contribution in [3.63, 3.8) is 0 Å². The second kappa shape index (κ2) is 8.97. The van der Waals surface area contributed by atoms with E-state index in [4.69, 9.17) is 0 Å². The summed E-state index contributed by atoms with van der Waals surface area (Å²) in [5, 5.41) is 2.97. The predicted octanol–water partition coefficient (Wildman–Crippen LogP) is 5.36. The fourth-order valence-corrected chi connectivity index (χ4v) is 4.37. The Balaban J connectivity index is 1.44. The standard InChI is InChI=1S/C24H22N2O2S/c27-23-11-6-16-26(23)20-14-12-19(13-15-20)25-24(28)21-9-4-5-10-22(21)29-17-18-7-2-1-3-8-18/h1-5,7-10,12-15H,6,11,16-17H2,(H,25,28). The molecule has 1 N–H and O–H groups in total. The third kappa shape index (κ3) is 4.69. The first-order valence-corrected chi connectivity index (χ1v) is 10.7. The number of carbonyl (C=O) groups is 2. The van der Waals surface area contributed by atoms with Gasteiger partial charge in [-0.3, -0.25) is 9.59 Å². The molecule has 0 radical (unpaired) electrons. The summed E-state index contributed by atoms with van der Waals surface area (Å²) in [5.74, 6) is 0.835. The van der Waals surface area contributed by atoms with Crippen molar-refractivity contribution in [2.24, 2.45) is 0 Å². The first-order chi connectivity index (χ1) is 14.2. The van der Waals surface area contributed by atoms with Gasteiger partial charge in [0.15, 0.2) is 0 Å². The summed E-state index contributed by atoms with van der Waals surface area (Å²) in [6.45, 7) is 0.760. The topological polar surface area (TPSA) is 49.4 Å². The average Bonchev–Trinajstić information content (AvgIpc) is 3.19. The molecule has 1 aliphatic rings. The molecule has 0 saturated carbocycles. The number of hydrogen-bond donors (Lipinski definition) is 1. The summed E-state index contributed by atoms with van der Waals surface area (Å²) in [4.78, 5) is 27.5. The van der Waals surface area contributed by atoms with Crippen LogP contribution >= 0.6 is 11.8 Å². The van der Waals surface area contributed by atoms with Gasteiger partial charge in [-0.1, -0.05) is 42.5 Å². The van der Waals surface area contributed by atoms with Gasteiger partial charge in [0.1, 0.15) is 0 Å². The Morgan fingerprint density at radius 3 is 2.38 bits per heavy atom. The fourth-order valence-electron chi connectivity index (χ4n) is 3.36. The van der Waals surface area contributed by atoms with Crippen molar-refractivity contribution >= 4 is 35.0 Å². The highest BCUT2D eigenvalue weighted by molar-refractivity contribution is 7.98. The lowest BCUT2D eigenvalue weighted by molar-refractivity contribution is -0.117. The van der Waals surface area contributed by atoms with Crippen LogP contribution in [0.3, 0.4) is 0 Å². The molecule has 4 nitrogen and oxygen atoms in total. The summed E-state index contributed by atoms with van der Waals surface area (Å²) < 4.78 is 0. The minimum atomic E-state index is -0.133. The van der Waals surface area contributed by atoms with Crippen molar-refractivity contribution in [1.82, 2.24) is 0 Å². The minimum Gasteiger partial charge on any atom is -0.322 e. The highest BCUT2D eigenvalue weighted by Crippen LogP contribution is 2.28. The molecule has 0 atom stereocenters. The van der Waals surface area contributed by atoms with Gasteiger partial charge < -0.3 is 10.2 Å². The van der Waals surface area contributed by atoms with E-state index in [1.165, 1.54) is 5.56 Å². The highest BCUT2D eigenvalue weighted by atomic mass is 32.2. The Morgan fingerprint density at radius 1 is 0.931 bits per heavy atom. The summed E-state index contributed by atoms with van der Waals surface area (Å²) in [5.41, 5.74) is 3.48. The molecule has 4 rings (SSSR count). The first-order valence-electron chi connectivity index (χ1n) is 9.68. The Labute approximate surface area is 174 Å². The van der Waals surface area contributed by atoms with E-state index in [0.29, 0.717) is 17.7 Å². The Bertz CT molecular complexity index is 1000. The van der Waals surface area contributed by atoms with E-state index >= 15 is 0 Å². The van der Waals surface area contributed by atoms with Crippen LogP contribution in [0.4, 0.5) is 11.4 Å². The number of nitrogens with one attached hydrogen (secondary N) is 1. The van der Waals surface area contributed by atoms with Crippen molar-refractivity contribution in [3.05, 3.63) is 90.0 Å². The maximum Gasteiger partial charge on any atom is 0.256 e. The molecular weight excluding hydrogens is 380 g/mol. The van der Waals surface area contributed by atoms with Crippen LogP contribution in [0.5, 0.6) is 0 Å². The predicted molar refractivity (Wildman–Crippen MR) is 118 cm³/mol. The van der Waals surface area contributed by atoms with Crippen LogP contribution in [0.1, 0.15) is 28.8 Å². The van der Waals surface area contributed by atoms with Gasteiger partial charge in [0, 0.05) is 35.0 Å². The first kappa shape index (κ1) is 19.3. The van der Waals surface area contributed by atoms with Crippen molar-refractivity contribution in [1.29, 1.82) is 0 Å². The zero-order valence-corrected chi connectivity index (χ0v) is 16.8. The molecule has 1 fully saturated rings. The summed E-state index contributed by atoms with van der Waals surface area (Å²) in [7, 11) is 0. The quantitative estimate of drug-likeness (QED) is 0.565. The number of amides is 2. The molecule has 1 aliphatic heterocycles. The lowest BCUT2D eigenvalue weighted by atomic mass is 10.2. The monoisotopic (exact) mass is 402 g/mol. The number of carbonyl (C=O) groups excluding carboxylic acids is 2. The summed E-state index contributed by atoms with van der Waals surface area (Å²) in [6.07, 6.45) is 1.50. The number of hydrogen-bond acceptors (Lipinski definition) is 3. The molecule has 0 spiro atoms. The summed E-state index contributed by atoms with van der Waals surface area (Å²) in [6, 6.07) is 25.3. The molecule has 29 heavy (non-hydrogen) atoms. The number of anilines is 2. The molecule has 0 bridgehead atoms. The van der Waals surface area contributed by atoms with Gasteiger partial charge in [-0.05, 0) is 48.4 Å². The van der Waals surface area contributed by atoms with E-state index < -0.39 is 0 Å². The maximum atomic E-state index is 12.9. The van der Waals surface area contributed by atoms with Gasteiger partial charge in [-0.25, -0.2) is 0 Å². The Hall–Kier alpha value is -3.05. The molecule has 3 aromatic carbocycles. The molecule has 5 heteroatoms. The van der Waals surface area contributed by atoms with Crippen molar-refractivity contribution in [2.75, 3.05) is 16.8 Å². The lowest BCUT2D eigenvalue weighted by Gasteiger charge is -2.16. The molecule has 0 aromatic heterocycles. The van der Waals surface area contributed by atoms with Crippen molar-refractivity contribution in [2.45, 2.75) is 23.5 Å². The SMILES string of the molecule is O=C(Nc1ccc(N2CCCC2=O)cc1)c1ccccc1SCc1ccccc1. The number of thioether (sulfide) groups is 1. The van der Waals surface area contributed by atoms with E-state index in [-0.39, 0.29) is 11.8 Å². The molecule has 1 heterocycles. The number of benzene rings is 3. The van der Waals surface area contributed by atoms with Crippen LogP contribution in [0.15, 0.2) is 83.8 Å². The van der Waals surface area contributed by atoms with Gasteiger partial charge in [-0.15, -0.1) is 11.8 Å². The van der Waals surface area contributed by atoms with Crippen LogP contribution in [0.2, 0.25) is 0 Å². The average molecular weight is 403 g/mol. The maximum absolute atomic E-state index is 12.9. The Morgan fingerprint density at radius 2 is 1.66 bits per heavy atom. The molecule has 0 unspecified atom stereocenters. The van der Waals surface area contributed by atoms with Gasteiger partial charge in [-0.2, -0.15) is 0 Å². The van der Waals surface area contributed by atoms with E-state index in [0.717, 1.165) is 29.3 Å². The Kier molecular flexibility index (Phi) is 5.96. The third-order valence-corrected chi connectivity index (χ3v) is 6.02. The smallest absolute Gasteiger partial charge is 0.256 e. The zero-order chi connectivity index (χ0) is 20.1. The van der Waals surface area contributed by atoms with Gasteiger partial charge in [0.25, 0.3) is 5.91 Å². The van der Waals surface area contributed by atoms with Crippen LogP contribution < -0.4 is 10.2 Å². The second-order valence-corrected chi connectivity index (χ2v) is 7.94. The van der Waals surface area contributed by atoms with E-state index in [2.05, 4.69) is 17.4 Å². The molecule has 1 saturated heterocycles. The van der Waals surface area contributed by atoms with Crippen LogP contribution in [-0.4, -0.2) is 18.4 Å². The molecule has 146 valence electrons. The molecular formula is C24H22N2O2S. The zero-order valence-electron chi connectivity index (χ0n) is 16.0. The molecule has 3 aromatic rings. The minimum absolute atomic E-state index is 0.133. The number of nitrogens with zero attached hydrogens (tertiary/aromatic N) is 1. The third-order valence-electron chi connectivity index (χ3n) is 4.88.